The zero-order valence-electron chi connectivity index (χ0n) is 25.0. The maximum atomic E-state index is 12.8. The molecule has 2 heterocycles. The van der Waals surface area contributed by atoms with Crippen molar-refractivity contribution in [2.75, 3.05) is 24.4 Å². The molecule has 4 aromatic rings. The monoisotopic (exact) mass is 585 g/mol. The smallest absolute Gasteiger partial charge is 0.250 e. The molecular weight excluding hydrogens is 546 g/mol. The van der Waals surface area contributed by atoms with Crippen LogP contribution in [-0.4, -0.2) is 51.3 Å². The van der Waals surface area contributed by atoms with Gasteiger partial charge in [0.15, 0.2) is 11.5 Å². The molecule has 0 radical (unpaired) electrons. The van der Waals surface area contributed by atoms with Crippen molar-refractivity contribution in [3.63, 3.8) is 0 Å². The van der Waals surface area contributed by atoms with Gasteiger partial charge in [-0.3, -0.25) is 4.79 Å². The van der Waals surface area contributed by atoms with Crippen molar-refractivity contribution in [1.82, 2.24) is 25.6 Å². The summed E-state index contributed by atoms with van der Waals surface area (Å²) in [6.45, 7) is 7.24. The van der Waals surface area contributed by atoms with Crippen molar-refractivity contribution in [3.8, 4) is 28.8 Å². The Morgan fingerprint density at radius 3 is 2.67 bits per heavy atom. The third-order valence-corrected chi connectivity index (χ3v) is 7.85. The van der Waals surface area contributed by atoms with E-state index in [0.717, 1.165) is 24.1 Å². The Bertz CT molecular complexity index is 1480. The minimum absolute atomic E-state index is 0.0485. The number of aromatic nitrogens is 5. The van der Waals surface area contributed by atoms with Crippen LogP contribution >= 0.6 is 0 Å². The molecule has 1 aliphatic carbocycles. The summed E-state index contributed by atoms with van der Waals surface area (Å²) < 4.78 is 17.9. The number of hydrogen-bond donors (Lipinski definition) is 3. The third-order valence-electron chi connectivity index (χ3n) is 7.85. The van der Waals surface area contributed by atoms with Gasteiger partial charge >= 0.3 is 0 Å². The Morgan fingerprint density at radius 1 is 1.09 bits per heavy atom. The van der Waals surface area contributed by atoms with E-state index >= 15 is 0 Å². The van der Waals surface area contributed by atoms with Gasteiger partial charge in [-0.2, -0.15) is 5.21 Å². The molecule has 1 saturated carbocycles. The summed E-state index contributed by atoms with van der Waals surface area (Å²) in [5.74, 6) is 3.48. The summed E-state index contributed by atoms with van der Waals surface area (Å²) in [6, 6.07) is 16.9. The number of hydrogen-bond acceptors (Lipinski definition) is 9. The highest BCUT2D eigenvalue weighted by atomic mass is 16.5. The minimum Gasteiger partial charge on any atom is -0.493 e. The fourth-order valence-corrected chi connectivity index (χ4v) is 5.53. The molecule has 2 aromatic carbocycles. The first-order valence-electron chi connectivity index (χ1n) is 14.7. The van der Waals surface area contributed by atoms with Crippen LogP contribution in [0.15, 0.2) is 60.8 Å². The lowest BCUT2D eigenvalue weighted by molar-refractivity contribution is -0.126. The van der Waals surface area contributed by atoms with E-state index in [9.17, 15) is 4.79 Å². The van der Waals surface area contributed by atoms with Crippen molar-refractivity contribution < 1.29 is 19.0 Å². The molecule has 226 valence electrons. The summed E-state index contributed by atoms with van der Waals surface area (Å²) in [5, 5.41) is 20.4. The molecule has 5 rings (SSSR count). The van der Waals surface area contributed by atoms with Gasteiger partial charge in [0.1, 0.15) is 6.61 Å². The van der Waals surface area contributed by atoms with E-state index in [2.05, 4.69) is 57.0 Å². The molecule has 43 heavy (non-hydrogen) atoms. The van der Waals surface area contributed by atoms with Crippen molar-refractivity contribution in [2.24, 2.45) is 17.8 Å². The molecule has 11 nitrogen and oxygen atoms in total. The van der Waals surface area contributed by atoms with E-state index in [4.69, 9.17) is 14.2 Å². The van der Waals surface area contributed by atoms with Gasteiger partial charge in [0.25, 0.3) is 0 Å². The standard InChI is InChI=1S/C32H39N7O4/c1-20(2)26-13-11-21(3)15-28(26)42-19-29(40)35-25-9-6-8-24(16-25)33-17-22-7-5-10-27(41-4)31(22)43-30-14-12-23(18-34-30)32-36-38-39-37-32/h5-10,12,14,16,18,20-21,26,28,33H,11,13,15,17,19H2,1-4H3,(H,35,40)(H,36,37,38,39). The number of amides is 1. The number of nitrogens with zero attached hydrogens (tertiary/aromatic N) is 4. The van der Waals surface area contributed by atoms with E-state index in [0.29, 0.717) is 58.8 Å². The first-order chi connectivity index (χ1) is 20.9. The fourth-order valence-electron chi connectivity index (χ4n) is 5.53. The van der Waals surface area contributed by atoms with E-state index < -0.39 is 0 Å². The lowest BCUT2D eigenvalue weighted by atomic mass is 9.75. The zero-order valence-corrected chi connectivity index (χ0v) is 25.0. The second-order valence-corrected chi connectivity index (χ2v) is 11.3. The van der Waals surface area contributed by atoms with Gasteiger partial charge in [0, 0.05) is 41.3 Å². The van der Waals surface area contributed by atoms with Crippen LogP contribution in [0.2, 0.25) is 0 Å². The van der Waals surface area contributed by atoms with E-state index in [1.54, 1.807) is 19.4 Å². The first-order valence-corrected chi connectivity index (χ1v) is 14.7. The van der Waals surface area contributed by atoms with Crippen LogP contribution in [0.25, 0.3) is 11.4 Å². The molecular formula is C32H39N7O4. The first kappa shape index (κ1) is 30.0. The highest BCUT2D eigenvalue weighted by molar-refractivity contribution is 5.92. The topological polar surface area (TPSA) is 136 Å². The highest BCUT2D eigenvalue weighted by Gasteiger charge is 2.31. The number of pyridine rings is 1. The van der Waals surface area contributed by atoms with Gasteiger partial charge in [-0.25, -0.2) is 4.98 Å². The van der Waals surface area contributed by atoms with Crippen LogP contribution in [0.1, 0.15) is 45.6 Å². The van der Waals surface area contributed by atoms with Gasteiger partial charge in [0.2, 0.25) is 17.6 Å². The van der Waals surface area contributed by atoms with Crippen LogP contribution < -0.4 is 20.1 Å². The molecule has 0 saturated heterocycles. The number of para-hydroxylation sites is 1. The van der Waals surface area contributed by atoms with E-state index in [1.807, 2.05) is 48.5 Å². The largest absolute Gasteiger partial charge is 0.493 e. The van der Waals surface area contributed by atoms with Gasteiger partial charge in [-0.05, 0) is 66.1 Å². The molecule has 11 heteroatoms. The predicted octanol–water partition coefficient (Wildman–Crippen LogP) is 6.09. The minimum atomic E-state index is -0.154. The summed E-state index contributed by atoms with van der Waals surface area (Å²) in [4.78, 5) is 17.2. The molecule has 3 unspecified atom stereocenters. The maximum absolute atomic E-state index is 12.8. The Balaban J connectivity index is 1.20. The van der Waals surface area contributed by atoms with Crippen LogP contribution in [0.3, 0.4) is 0 Å². The number of H-pyrrole nitrogens is 1. The third kappa shape index (κ3) is 7.86. The second kappa shape index (κ2) is 14.1. The van der Waals surface area contributed by atoms with Gasteiger partial charge in [-0.1, -0.05) is 45.4 Å². The normalized spacial score (nSPS) is 18.3. The average molecular weight is 586 g/mol. The van der Waals surface area contributed by atoms with E-state index in [-0.39, 0.29) is 18.6 Å². The maximum Gasteiger partial charge on any atom is 0.250 e. The summed E-state index contributed by atoms with van der Waals surface area (Å²) >= 11 is 0. The number of nitrogens with one attached hydrogen (secondary N) is 3. The number of ether oxygens (including phenoxy) is 3. The molecule has 3 N–H and O–H groups in total. The van der Waals surface area contributed by atoms with Gasteiger partial charge in [0.05, 0.1) is 13.2 Å². The number of aromatic amines is 1. The molecule has 3 atom stereocenters. The number of benzene rings is 2. The summed E-state index contributed by atoms with van der Waals surface area (Å²) in [7, 11) is 1.60. The average Bonchev–Trinajstić information content (AvgIpc) is 3.55. The lowest BCUT2D eigenvalue weighted by Crippen LogP contribution is -2.36. The van der Waals surface area contributed by atoms with Crippen LogP contribution in [0.4, 0.5) is 11.4 Å². The molecule has 1 fully saturated rings. The number of rotatable bonds is 12. The number of methoxy groups -OCH3 is 1. The second-order valence-electron chi connectivity index (χ2n) is 11.3. The van der Waals surface area contributed by atoms with Crippen molar-refractivity contribution in [3.05, 3.63) is 66.4 Å². The molecule has 2 aromatic heterocycles. The highest BCUT2D eigenvalue weighted by Crippen LogP contribution is 2.36. The van der Waals surface area contributed by atoms with E-state index in [1.165, 1.54) is 6.42 Å². The van der Waals surface area contributed by atoms with Gasteiger partial charge < -0.3 is 24.8 Å². The summed E-state index contributed by atoms with van der Waals surface area (Å²) in [5.41, 5.74) is 3.12. The van der Waals surface area contributed by atoms with Crippen molar-refractivity contribution in [2.45, 2.75) is 52.7 Å². The quantitative estimate of drug-likeness (QED) is 0.180. The van der Waals surface area contributed by atoms with Crippen molar-refractivity contribution in [1.29, 1.82) is 0 Å². The zero-order chi connectivity index (χ0) is 30.2. The molecule has 1 amide bonds. The van der Waals surface area contributed by atoms with Crippen LogP contribution in [0.5, 0.6) is 17.4 Å². The molecule has 0 bridgehead atoms. The Hall–Kier alpha value is -4.51. The Kier molecular flexibility index (Phi) is 9.83. The van der Waals surface area contributed by atoms with Gasteiger partial charge in [-0.15, -0.1) is 10.2 Å². The van der Waals surface area contributed by atoms with Crippen LogP contribution in [0, 0.1) is 17.8 Å². The van der Waals surface area contributed by atoms with Crippen LogP contribution in [-0.2, 0) is 16.1 Å². The molecule has 0 spiro atoms. The SMILES string of the molecule is COc1cccc(CNc2cccc(NC(=O)COC3CC(C)CCC3C(C)C)c2)c1Oc1ccc(-c2nn[nH]n2)cn1. The summed E-state index contributed by atoms with van der Waals surface area (Å²) in [6.07, 6.45) is 5.14. The predicted molar refractivity (Wildman–Crippen MR) is 164 cm³/mol. The number of carbonyl (C=O) groups excluding carboxylic acids is 1. The Morgan fingerprint density at radius 2 is 1.93 bits per heavy atom. The fraction of sp³-hybridized carbons (Fsp3) is 0.406. The number of tetrazole rings is 1. The number of anilines is 2. The molecule has 1 aliphatic rings. The lowest BCUT2D eigenvalue weighted by Gasteiger charge is -2.37. The van der Waals surface area contributed by atoms with Crippen molar-refractivity contribution >= 4 is 17.3 Å². The molecule has 0 aliphatic heterocycles. The number of carbonyl (C=O) groups is 1. The Labute approximate surface area is 251 Å².